The molecule has 0 N–H and O–H groups in total. The summed E-state index contributed by atoms with van der Waals surface area (Å²) in [7, 11) is 1.74. The molecule has 1 aliphatic carbocycles. The highest BCUT2D eigenvalue weighted by atomic mass is 16.5. The molecular weight excluding hydrogens is 242 g/mol. The van der Waals surface area contributed by atoms with E-state index < -0.39 is 0 Å². The minimum Gasteiger partial charge on any atom is -0.466 e. The molecule has 1 unspecified atom stereocenters. The van der Waals surface area contributed by atoms with Gasteiger partial charge in [-0.2, -0.15) is 0 Å². The largest absolute Gasteiger partial charge is 0.466 e. The topological polar surface area (TPSA) is 46.6 Å². The number of amides is 1. The standard InChI is InChI=1S/C15H19NO3/c1-3-19-14(17)8-9-16(2)15(18)13-10-11-6-4-5-7-12(11)13/h4-7,13H,3,8-10H2,1-2H3. The molecule has 19 heavy (non-hydrogen) atoms. The molecule has 0 saturated carbocycles. The summed E-state index contributed by atoms with van der Waals surface area (Å²) in [6.07, 6.45) is 1.06. The van der Waals surface area contributed by atoms with Gasteiger partial charge in [0.2, 0.25) is 5.91 Å². The van der Waals surface area contributed by atoms with Crippen LogP contribution in [0.5, 0.6) is 0 Å². The van der Waals surface area contributed by atoms with Gasteiger partial charge in [0, 0.05) is 13.6 Å². The van der Waals surface area contributed by atoms with E-state index in [0.29, 0.717) is 13.2 Å². The average Bonchev–Trinajstić information content (AvgIpc) is 2.37. The molecule has 0 fully saturated rings. The highest BCUT2D eigenvalue weighted by molar-refractivity contribution is 5.87. The van der Waals surface area contributed by atoms with Gasteiger partial charge in [0.05, 0.1) is 18.9 Å². The van der Waals surface area contributed by atoms with Gasteiger partial charge in [-0.15, -0.1) is 0 Å². The van der Waals surface area contributed by atoms with Crippen molar-refractivity contribution in [2.45, 2.75) is 25.7 Å². The summed E-state index contributed by atoms with van der Waals surface area (Å²) < 4.78 is 4.85. The SMILES string of the molecule is CCOC(=O)CCN(C)C(=O)C1Cc2ccccc21. The van der Waals surface area contributed by atoms with Crippen molar-refractivity contribution in [2.24, 2.45) is 0 Å². The maximum absolute atomic E-state index is 12.2. The number of hydrogen-bond acceptors (Lipinski definition) is 3. The Hall–Kier alpha value is -1.84. The fraction of sp³-hybridized carbons (Fsp3) is 0.467. The maximum atomic E-state index is 12.2. The zero-order valence-electron chi connectivity index (χ0n) is 11.4. The monoisotopic (exact) mass is 261 g/mol. The van der Waals surface area contributed by atoms with Gasteiger partial charge >= 0.3 is 5.97 Å². The molecule has 0 heterocycles. The molecule has 0 aromatic heterocycles. The van der Waals surface area contributed by atoms with Crippen LogP contribution in [0.1, 0.15) is 30.4 Å². The van der Waals surface area contributed by atoms with Crippen LogP contribution in [0.15, 0.2) is 24.3 Å². The quantitative estimate of drug-likeness (QED) is 0.758. The van der Waals surface area contributed by atoms with E-state index in [9.17, 15) is 9.59 Å². The molecule has 1 amide bonds. The van der Waals surface area contributed by atoms with Crippen LogP contribution in [-0.4, -0.2) is 37.0 Å². The molecular formula is C15H19NO3. The third-order valence-corrected chi connectivity index (χ3v) is 3.49. The van der Waals surface area contributed by atoms with Gasteiger partial charge in [0.25, 0.3) is 0 Å². The van der Waals surface area contributed by atoms with Crippen molar-refractivity contribution in [2.75, 3.05) is 20.2 Å². The fourth-order valence-electron chi connectivity index (χ4n) is 2.35. The highest BCUT2D eigenvalue weighted by Gasteiger charge is 2.33. The zero-order valence-corrected chi connectivity index (χ0v) is 11.4. The van der Waals surface area contributed by atoms with Gasteiger partial charge in [-0.3, -0.25) is 9.59 Å². The normalized spacial score (nSPS) is 16.2. The Morgan fingerprint density at radius 2 is 2.11 bits per heavy atom. The van der Waals surface area contributed by atoms with Crippen LogP contribution in [0.3, 0.4) is 0 Å². The lowest BCUT2D eigenvalue weighted by atomic mass is 9.77. The van der Waals surface area contributed by atoms with Crippen LogP contribution in [0, 0.1) is 0 Å². The number of benzene rings is 1. The first kappa shape index (κ1) is 13.6. The Morgan fingerprint density at radius 1 is 1.37 bits per heavy atom. The molecule has 1 aromatic rings. The zero-order chi connectivity index (χ0) is 13.8. The van der Waals surface area contributed by atoms with Crippen LogP contribution in [0.25, 0.3) is 0 Å². The first-order valence-corrected chi connectivity index (χ1v) is 6.62. The molecule has 4 heteroatoms. The first-order valence-electron chi connectivity index (χ1n) is 6.62. The minimum absolute atomic E-state index is 0.0385. The van der Waals surface area contributed by atoms with E-state index in [0.717, 1.165) is 12.0 Å². The van der Waals surface area contributed by atoms with E-state index in [4.69, 9.17) is 4.74 Å². The second-order valence-electron chi connectivity index (χ2n) is 4.77. The predicted octanol–water partition coefficient (Wildman–Crippen LogP) is 1.74. The van der Waals surface area contributed by atoms with E-state index in [1.807, 2.05) is 18.2 Å². The van der Waals surface area contributed by atoms with Gasteiger partial charge in [0.15, 0.2) is 0 Å². The van der Waals surface area contributed by atoms with Crippen LogP contribution < -0.4 is 0 Å². The highest BCUT2D eigenvalue weighted by Crippen LogP contribution is 2.35. The second kappa shape index (κ2) is 5.87. The Morgan fingerprint density at radius 3 is 2.79 bits per heavy atom. The average molecular weight is 261 g/mol. The lowest BCUT2D eigenvalue weighted by molar-refractivity contribution is -0.144. The van der Waals surface area contributed by atoms with E-state index in [1.54, 1.807) is 18.9 Å². The van der Waals surface area contributed by atoms with Crippen LogP contribution in [0.4, 0.5) is 0 Å². The van der Waals surface area contributed by atoms with Crippen molar-refractivity contribution in [3.63, 3.8) is 0 Å². The summed E-state index contributed by atoms with van der Waals surface area (Å²) in [6, 6.07) is 8.00. The molecule has 0 aliphatic heterocycles. The molecule has 2 rings (SSSR count). The number of fused-ring (bicyclic) bond motifs is 1. The molecule has 0 bridgehead atoms. The molecule has 1 aromatic carbocycles. The number of likely N-dealkylation sites (N-methyl/N-ethyl adjacent to an activating group) is 1. The third kappa shape index (κ3) is 2.95. The number of ether oxygens (including phenoxy) is 1. The number of esters is 1. The molecule has 102 valence electrons. The number of nitrogens with zero attached hydrogens (tertiary/aromatic N) is 1. The summed E-state index contributed by atoms with van der Waals surface area (Å²) in [6.45, 7) is 2.57. The summed E-state index contributed by atoms with van der Waals surface area (Å²) >= 11 is 0. The number of rotatable bonds is 5. The Labute approximate surface area is 113 Å². The molecule has 0 saturated heterocycles. The van der Waals surface area contributed by atoms with Crippen molar-refractivity contribution in [1.82, 2.24) is 4.90 Å². The molecule has 0 spiro atoms. The summed E-state index contributed by atoms with van der Waals surface area (Å²) in [5, 5.41) is 0. The molecule has 0 radical (unpaired) electrons. The van der Waals surface area contributed by atoms with E-state index in [1.165, 1.54) is 5.56 Å². The smallest absolute Gasteiger partial charge is 0.307 e. The Balaban J connectivity index is 1.86. The lowest BCUT2D eigenvalue weighted by Gasteiger charge is -2.32. The minimum atomic E-state index is -0.254. The molecule has 4 nitrogen and oxygen atoms in total. The van der Waals surface area contributed by atoms with E-state index in [-0.39, 0.29) is 24.2 Å². The van der Waals surface area contributed by atoms with Crippen molar-refractivity contribution in [3.05, 3.63) is 35.4 Å². The van der Waals surface area contributed by atoms with Gasteiger partial charge < -0.3 is 9.64 Å². The molecule has 1 aliphatic rings. The summed E-state index contributed by atoms with van der Waals surface area (Å²) in [5.41, 5.74) is 2.37. The third-order valence-electron chi connectivity index (χ3n) is 3.49. The van der Waals surface area contributed by atoms with Gasteiger partial charge in [0.1, 0.15) is 0 Å². The Kier molecular flexibility index (Phi) is 4.20. The molecule has 1 atom stereocenters. The van der Waals surface area contributed by atoms with Gasteiger partial charge in [-0.05, 0) is 24.5 Å². The van der Waals surface area contributed by atoms with Crippen LogP contribution in [-0.2, 0) is 20.7 Å². The predicted molar refractivity (Wildman–Crippen MR) is 71.8 cm³/mol. The van der Waals surface area contributed by atoms with Crippen molar-refractivity contribution < 1.29 is 14.3 Å². The number of carbonyl (C=O) groups is 2. The maximum Gasteiger partial charge on any atom is 0.307 e. The van der Waals surface area contributed by atoms with Crippen LogP contribution in [0.2, 0.25) is 0 Å². The van der Waals surface area contributed by atoms with Gasteiger partial charge in [-0.25, -0.2) is 0 Å². The van der Waals surface area contributed by atoms with Crippen molar-refractivity contribution in [1.29, 1.82) is 0 Å². The Bertz CT molecular complexity index is 484. The number of carbonyl (C=O) groups excluding carboxylic acids is 2. The lowest BCUT2D eigenvalue weighted by Crippen LogP contribution is -2.38. The summed E-state index contributed by atoms with van der Waals surface area (Å²) in [5.74, 6) is -0.206. The van der Waals surface area contributed by atoms with Crippen molar-refractivity contribution >= 4 is 11.9 Å². The summed E-state index contributed by atoms with van der Waals surface area (Å²) in [4.78, 5) is 25.1. The fourth-order valence-corrected chi connectivity index (χ4v) is 2.35. The van der Waals surface area contributed by atoms with Crippen LogP contribution >= 0.6 is 0 Å². The van der Waals surface area contributed by atoms with Gasteiger partial charge in [-0.1, -0.05) is 24.3 Å². The first-order chi connectivity index (χ1) is 9.13. The number of hydrogen-bond donors (Lipinski definition) is 0. The van der Waals surface area contributed by atoms with E-state index >= 15 is 0 Å². The van der Waals surface area contributed by atoms with E-state index in [2.05, 4.69) is 6.07 Å². The van der Waals surface area contributed by atoms with Crippen molar-refractivity contribution in [3.8, 4) is 0 Å². The second-order valence-corrected chi connectivity index (χ2v) is 4.77.